The molecule has 0 aromatic carbocycles. The van der Waals surface area contributed by atoms with Crippen molar-refractivity contribution in [3.63, 3.8) is 0 Å². The van der Waals surface area contributed by atoms with E-state index in [4.69, 9.17) is 5.26 Å². The summed E-state index contributed by atoms with van der Waals surface area (Å²) in [6.45, 7) is 0.286. The van der Waals surface area contributed by atoms with Crippen LogP contribution in [0.2, 0.25) is 0 Å². The van der Waals surface area contributed by atoms with E-state index in [1.54, 1.807) is 0 Å². The number of allylic oxidation sites excluding steroid dienone is 1. The quantitative estimate of drug-likeness (QED) is 0.535. The highest BCUT2D eigenvalue weighted by Crippen LogP contribution is 2.08. The van der Waals surface area contributed by atoms with Crippen LogP contribution < -0.4 is 11.0 Å². The smallest absolute Gasteiger partial charge is 0.330 e. The summed E-state index contributed by atoms with van der Waals surface area (Å²) in [4.78, 5) is 11.0. The Hall–Kier alpha value is -2.03. The number of nitriles is 1. The van der Waals surface area contributed by atoms with Crippen LogP contribution in [0.15, 0.2) is 16.6 Å². The summed E-state index contributed by atoms with van der Waals surface area (Å²) in [6.07, 6.45) is 1.54. The van der Waals surface area contributed by atoms with Crippen molar-refractivity contribution in [2.75, 3.05) is 5.32 Å². The zero-order valence-electron chi connectivity index (χ0n) is 6.03. The number of aromatic nitrogens is 3. The molecule has 0 aliphatic carbocycles. The lowest BCUT2D eigenvalue weighted by molar-refractivity contribution is 0.756. The van der Waals surface area contributed by atoms with E-state index in [2.05, 4.69) is 15.5 Å². The number of nitrogens with zero attached hydrogens (tertiary/aromatic N) is 3. The summed E-state index contributed by atoms with van der Waals surface area (Å²) < 4.78 is 1.36. The Morgan fingerprint density at radius 3 is 3.33 bits per heavy atom. The van der Waals surface area contributed by atoms with Crippen LogP contribution in [0.25, 0.3) is 0 Å². The Bertz CT molecular complexity index is 432. The Kier molecular flexibility index (Phi) is 1.24. The zero-order valence-corrected chi connectivity index (χ0v) is 6.03. The van der Waals surface area contributed by atoms with Gasteiger partial charge in [0.25, 0.3) is 0 Å². The molecular weight excluding hydrogens is 158 g/mol. The van der Waals surface area contributed by atoms with Gasteiger partial charge in [-0.05, 0) is 0 Å². The molecule has 1 aliphatic heterocycles. The van der Waals surface area contributed by atoms with Crippen molar-refractivity contribution in [3.05, 3.63) is 22.3 Å². The van der Waals surface area contributed by atoms with Crippen LogP contribution in [-0.4, -0.2) is 14.8 Å². The number of anilines is 1. The fourth-order valence-corrected chi connectivity index (χ4v) is 1.01. The molecule has 60 valence electrons. The van der Waals surface area contributed by atoms with Gasteiger partial charge in [-0.25, -0.2) is 9.89 Å². The Morgan fingerprint density at radius 1 is 1.75 bits per heavy atom. The molecule has 0 bridgehead atoms. The average molecular weight is 163 g/mol. The molecule has 0 atom stereocenters. The maximum absolute atomic E-state index is 11.0. The first kappa shape index (κ1) is 6.67. The molecule has 6 heteroatoms. The molecule has 0 radical (unpaired) electrons. The molecule has 0 unspecified atom stereocenters. The second kappa shape index (κ2) is 2.23. The fourth-order valence-electron chi connectivity index (χ4n) is 1.01. The maximum atomic E-state index is 11.0. The first-order valence-electron chi connectivity index (χ1n) is 3.32. The van der Waals surface area contributed by atoms with Crippen LogP contribution in [0.1, 0.15) is 0 Å². The van der Waals surface area contributed by atoms with Crippen molar-refractivity contribution in [2.24, 2.45) is 0 Å². The molecule has 0 amide bonds. The van der Waals surface area contributed by atoms with Gasteiger partial charge in [-0.1, -0.05) is 0 Å². The Balaban J connectivity index is 2.48. The van der Waals surface area contributed by atoms with E-state index in [1.165, 1.54) is 10.8 Å². The van der Waals surface area contributed by atoms with Gasteiger partial charge in [-0.3, -0.25) is 4.57 Å². The highest BCUT2D eigenvalue weighted by molar-refractivity contribution is 5.38. The molecule has 1 aromatic rings. The van der Waals surface area contributed by atoms with Crippen LogP contribution in [-0.2, 0) is 6.54 Å². The van der Waals surface area contributed by atoms with Gasteiger partial charge in [-0.15, -0.1) is 5.10 Å². The lowest BCUT2D eigenvalue weighted by Crippen LogP contribution is -2.22. The van der Waals surface area contributed by atoms with Gasteiger partial charge in [0.2, 0.25) is 5.95 Å². The van der Waals surface area contributed by atoms with Crippen molar-refractivity contribution >= 4 is 5.95 Å². The van der Waals surface area contributed by atoms with E-state index >= 15 is 0 Å². The summed E-state index contributed by atoms with van der Waals surface area (Å²) in [5.41, 5.74) is 0.198. The molecule has 2 N–H and O–H groups in total. The fraction of sp³-hybridized carbons (Fsp3) is 0.167. The molecule has 0 spiro atoms. The van der Waals surface area contributed by atoms with Gasteiger partial charge in [0.1, 0.15) is 0 Å². The van der Waals surface area contributed by atoms with Crippen molar-refractivity contribution in [1.29, 1.82) is 5.26 Å². The van der Waals surface area contributed by atoms with E-state index in [9.17, 15) is 4.79 Å². The minimum absolute atomic E-state index is 0.286. The minimum atomic E-state index is -0.307. The largest absolute Gasteiger partial charge is 0.345 e. The third kappa shape index (κ3) is 0.802. The number of hydrogen-bond acceptors (Lipinski definition) is 4. The summed E-state index contributed by atoms with van der Waals surface area (Å²) >= 11 is 0. The summed E-state index contributed by atoms with van der Waals surface area (Å²) in [5.74, 6) is 0.444. The molecular formula is C6H5N5O. The molecule has 0 saturated heterocycles. The minimum Gasteiger partial charge on any atom is -0.330 e. The molecule has 12 heavy (non-hydrogen) atoms. The lowest BCUT2D eigenvalue weighted by Gasteiger charge is -2.09. The van der Waals surface area contributed by atoms with Crippen LogP contribution in [0.5, 0.6) is 0 Å². The van der Waals surface area contributed by atoms with Crippen molar-refractivity contribution in [1.82, 2.24) is 14.8 Å². The third-order valence-electron chi connectivity index (χ3n) is 1.61. The summed E-state index contributed by atoms with van der Waals surface area (Å²) in [6, 6.07) is 1.96. The van der Waals surface area contributed by atoms with Crippen molar-refractivity contribution in [2.45, 2.75) is 6.54 Å². The number of H-pyrrole nitrogens is 1. The number of fused-ring (bicyclic) bond motifs is 1. The first-order valence-corrected chi connectivity index (χ1v) is 3.32. The average Bonchev–Trinajstić information content (AvgIpc) is 2.47. The normalized spacial score (nSPS) is 14.1. The first-order chi connectivity index (χ1) is 5.81. The highest BCUT2D eigenvalue weighted by atomic mass is 16.1. The maximum Gasteiger partial charge on any atom is 0.345 e. The lowest BCUT2D eigenvalue weighted by atomic mass is 10.3. The summed E-state index contributed by atoms with van der Waals surface area (Å²) in [5, 5.41) is 17.2. The summed E-state index contributed by atoms with van der Waals surface area (Å²) in [7, 11) is 0. The van der Waals surface area contributed by atoms with Gasteiger partial charge >= 0.3 is 5.69 Å². The number of aromatic amines is 1. The van der Waals surface area contributed by atoms with Crippen LogP contribution in [0, 0.1) is 11.3 Å². The molecule has 6 nitrogen and oxygen atoms in total. The SMILES string of the molecule is N#CC1=CNc2n[nH]c(=O)n2C1. The predicted molar refractivity (Wildman–Crippen MR) is 40.2 cm³/mol. The number of nitrogens with one attached hydrogen (secondary N) is 2. The van der Waals surface area contributed by atoms with Crippen LogP contribution >= 0.6 is 0 Å². The topological polar surface area (TPSA) is 86.5 Å². The molecule has 0 saturated carbocycles. The van der Waals surface area contributed by atoms with E-state index < -0.39 is 0 Å². The van der Waals surface area contributed by atoms with E-state index in [0.29, 0.717) is 11.5 Å². The molecule has 0 fully saturated rings. The van der Waals surface area contributed by atoms with Gasteiger partial charge in [0.15, 0.2) is 0 Å². The molecule has 2 rings (SSSR count). The van der Waals surface area contributed by atoms with E-state index in [0.717, 1.165) is 0 Å². The molecule has 2 heterocycles. The second-order valence-corrected chi connectivity index (χ2v) is 2.36. The monoisotopic (exact) mass is 163 g/mol. The van der Waals surface area contributed by atoms with Gasteiger partial charge in [-0.2, -0.15) is 5.26 Å². The van der Waals surface area contributed by atoms with Crippen molar-refractivity contribution in [3.8, 4) is 6.07 Å². The standard InChI is InChI=1S/C6H5N5O/c7-1-4-2-8-5-9-10-6(12)11(5)3-4/h2H,3H2,(H,8,9)(H,10,12). The van der Waals surface area contributed by atoms with Crippen LogP contribution in [0.4, 0.5) is 5.95 Å². The van der Waals surface area contributed by atoms with Crippen LogP contribution in [0.3, 0.4) is 0 Å². The number of rotatable bonds is 0. The van der Waals surface area contributed by atoms with Crippen molar-refractivity contribution < 1.29 is 0 Å². The Morgan fingerprint density at radius 2 is 2.58 bits per heavy atom. The van der Waals surface area contributed by atoms with E-state index in [-0.39, 0.29) is 12.2 Å². The highest BCUT2D eigenvalue weighted by Gasteiger charge is 2.12. The van der Waals surface area contributed by atoms with Gasteiger partial charge in [0.05, 0.1) is 18.2 Å². The zero-order chi connectivity index (χ0) is 8.55. The van der Waals surface area contributed by atoms with Gasteiger partial charge < -0.3 is 5.32 Å². The second-order valence-electron chi connectivity index (χ2n) is 2.36. The number of hydrogen-bond donors (Lipinski definition) is 2. The van der Waals surface area contributed by atoms with E-state index in [1.807, 2.05) is 6.07 Å². The third-order valence-corrected chi connectivity index (χ3v) is 1.61. The van der Waals surface area contributed by atoms with Gasteiger partial charge in [0, 0.05) is 6.20 Å². The predicted octanol–water partition coefficient (Wildman–Crippen LogP) is -0.596. The Labute approximate surface area is 67.1 Å². The molecule has 1 aromatic heterocycles. The molecule has 1 aliphatic rings.